The van der Waals surface area contributed by atoms with Crippen molar-refractivity contribution in [3.05, 3.63) is 189 Å². The van der Waals surface area contributed by atoms with Gasteiger partial charge in [-0.2, -0.15) is 0 Å². The summed E-state index contributed by atoms with van der Waals surface area (Å²) in [5, 5.41) is 0. The molecule has 0 saturated heterocycles. The molecule has 0 heterocycles. The molecular formula is C45H21BF20O3S. The summed E-state index contributed by atoms with van der Waals surface area (Å²) >= 11 is 0. The van der Waals surface area contributed by atoms with Crippen molar-refractivity contribution >= 4 is 38.9 Å². The zero-order chi connectivity index (χ0) is 52.0. The van der Waals surface area contributed by atoms with Gasteiger partial charge in [-0.25, -0.2) is 87.8 Å². The molecule has 368 valence electrons. The number of methoxy groups -OCH3 is 3. The lowest BCUT2D eigenvalue weighted by Gasteiger charge is -2.44. The normalized spacial score (nSPS) is 11.5. The molecule has 0 aromatic heterocycles. The quantitative estimate of drug-likeness (QED) is 0.0449. The van der Waals surface area contributed by atoms with Crippen LogP contribution < -0.4 is 36.1 Å². The largest absolute Gasteiger partial charge is 0.497 e. The standard InChI is InChI=1S/C24BF20.C21H21O3S/c26-5-1(6(27)14(35)21(42)13(5)34)25(2-7(28)15(36)22(43)16(37)8(2)29,3-9(30)17(38)23(44)18(39)10(3)31)4-11(32)19(40)24(45)20(41)12(4)33;1-22-16-4-10-19(11-5-16)25(20-12-6-17(23-2)7-13-20)21-14-8-18(24-3)9-15-21/h;4-15H,1-3H3/q-1;+1. The summed E-state index contributed by atoms with van der Waals surface area (Å²) in [4.78, 5) is 3.70. The van der Waals surface area contributed by atoms with E-state index in [4.69, 9.17) is 14.2 Å². The highest BCUT2D eigenvalue weighted by molar-refractivity contribution is 7.97. The number of benzene rings is 7. The van der Waals surface area contributed by atoms with E-state index >= 15 is 35.1 Å². The van der Waals surface area contributed by atoms with Gasteiger partial charge in [-0.05, 0) is 72.8 Å². The zero-order valence-electron chi connectivity index (χ0n) is 34.7. The molecule has 0 amide bonds. The summed E-state index contributed by atoms with van der Waals surface area (Å²) in [6.07, 6.45) is -7.22. The van der Waals surface area contributed by atoms with Crippen LogP contribution in [0.15, 0.2) is 87.5 Å². The minimum Gasteiger partial charge on any atom is -0.497 e. The van der Waals surface area contributed by atoms with E-state index in [2.05, 4.69) is 36.4 Å². The second-order valence-electron chi connectivity index (χ2n) is 14.1. The summed E-state index contributed by atoms with van der Waals surface area (Å²) in [5.41, 5.74) is -14.3. The van der Waals surface area contributed by atoms with Gasteiger partial charge in [0.2, 0.25) is 0 Å². The fourth-order valence-corrected chi connectivity index (χ4v) is 9.46. The van der Waals surface area contributed by atoms with Crippen molar-refractivity contribution in [1.29, 1.82) is 0 Å². The third-order valence-corrected chi connectivity index (χ3v) is 12.8. The molecule has 0 N–H and O–H groups in total. The molecule has 7 aromatic rings. The summed E-state index contributed by atoms with van der Waals surface area (Å²) in [5.74, 6) is -68.8. The lowest BCUT2D eigenvalue weighted by atomic mass is 9.12. The monoisotopic (exact) mass is 1030 g/mol. The Labute approximate surface area is 382 Å². The van der Waals surface area contributed by atoms with Crippen molar-refractivity contribution in [2.45, 2.75) is 14.7 Å². The van der Waals surface area contributed by atoms with Crippen LogP contribution in [-0.2, 0) is 10.9 Å². The number of halogens is 20. The van der Waals surface area contributed by atoms with Crippen LogP contribution in [0.25, 0.3) is 0 Å². The first-order chi connectivity index (χ1) is 32.9. The summed E-state index contributed by atoms with van der Waals surface area (Å²) in [7, 11) is 4.83. The van der Waals surface area contributed by atoms with E-state index < -0.39 is 144 Å². The van der Waals surface area contributed by atoms with Gasteiger partial charge in [0.15, 0.2) is 84.5 Å². The van der Waals surface area contributed by atoms with Gasteiger partial charge in [-0.15, -0.1) is 21.9 Å². The molecule has 70 heavy (non-hydrogen) atoms. The van der Waals surface area contributed by atoms with E-state index in [0.717, 1.165) is 17.2 Å². The first-order valence-corrected chi connectivity index (χ1v) is 20.1. The van der Waals surface area contributed by atoms with Crippen LogP contribution in [0.1, 0.15) is 0 Å². The third-order valence-electron chi connectivity index (χ3n) is 10.6. The second kappa shape index (κ2) is 20.1. The smallest absolute Gasteiger partial charge is 0.200 e. The topological polar surface area (TPSA) is 27.7 Å². The molecule has 25 heteroatoms. The van der Waals surface area contributed by atoms with E-state index in [9.17, 15) is 52.7 Å². The van der Waals surface area contributed by atoms with Crippen LogP contribution >= 0.6 is 0 Å². The zero-order valence-corrected chi connectivity index (χ0v) is 35.5. The summed E-state index contributed by atoms with van der Waals surface area (Å²) < 4.78 is 310. The molecule has 0 aliphatic carbocycles. The second-order valence-corrected chi connectivity index (χ2v) is 16.2. The van der Waals surface area contributed by atoms with Gasteiger partial charge >= 0.3 is 0 Å². The molecular weight excluding hydrogens is 1010 g/mol. The van der Waals surface area contributed by atoms with Gasteiger partial charge in [0, 0.05) is 0 Å². The first kappa shape index (κ1) is 52.3. The molecule has 0 radical (unpaired) electrons. The predicted octanol–water partition coefficient (Wildman–Crippen LogP) is 10.7. The number of rotatable bonds is 10. The molecule has 0 atom stereocenters. The van der Waals surface area contributed by atoms with Crippen molar-refractivity contribution in [2.24, 2.45) is 0 Å². The van der Waals surface area contributed by atoms with E-state index in [1.807, 2.05) is 36.4 Å². The molecule has 7 aromatic carbocycles. The Bertz CT molecular complexity index is 2660. The van der Waals surface area contributed by atoms with E-state index in [0.29, 0.717) is 0 Å². The molecule has 0 unspecified atom stereocenters. The van der Waals surface area contributed by atoms with Gasteiger partial charge in [-0.3, -0.25) is 0 Å². The van der Waals surface area contributed by atoms with E-state index in [1.54, 1.807) is 21.3 Å². The highest BCUT2D eigenvalue weighted by atomic mass is 32.2. The summed E-state index contributed by atoms with van der Waals surface area (Å²) in [6, 6.07) is 24.7. The van der Waals surface area contributed by atoms with Gasteiger partial charge in [0.1, 0.15) is 69.9 Å². The Morgan fingerprint density at radius 3 is 0.529 bits per heavy atom. The van der Waals surface area contributed by atoms with Crippen molar-refractivity contribution in [3.63, 3.8) is 0 Å². The van der Waals surface area contributed by atoms with Crippen LogP contribution in [0.3, 0.4) is 0 Å². The van der Waals surface area contributed by atoms with Crippen LogP contribution in [0.5, 0.6) is 17.2 Å². The average Bonchev–Trinajstić information content (AvgIpc) is 3.37. The molecule has 0 aliphatic heterocycles. The van der Waals surface area contributed by atoms with Crippen LogP contribution in [-0.4, -0.2) is 27.5 Å². The minimum absolute atomic E-state index is 0.212. The molecule has 7 rings (SSSR count). The molecule has 0 saturated carbocycles. The SMILES string of the molecule is COc1ccc([S+](c2ccc(OC)cc2)c2ccc(OC)cc2)cc1.Fc1c(F)c(F)c([B-](c2c(F)c(F)c(F)c(F)c2F)(c2c(F)c(F)c(F)c(F)c2F)c2c(F)c(F)c(F)c(F)c2F)c(F)c1F. The average molecular weight is 1030 g/mol. The maximum Gasteiger partial charge on any atom is 0.200 e. The van der Waals surface area contributed by atoms with Gasteiger partial charge in [-0.1, -0.05) is 0 Å². The maximum absolute atomic E-state index is 15.4. The Kier molecular flexibility index (Phi) is 15.0. The van der Waals surface area contributed by atoms with Crippen LogP contribution in [0.2, 0.25) is 0 Å². The van der Waals surface area contributed by atoms with Crippen LogP contribution in [0.4, 0.5) is 87.8 Å². The molecule has 0 aliphatic rings. The van der Waals surface area contributed by atoms with Crippen molar-refractivity contribution in [1.82, 2.24) is 0 Å². The van der Waals surface area contributed by atoms with Gasteiger partial charge in [0.25, 0.3) is 0 Å². The van der Waals surface area contributed by atoms with Crippen molar-refractivity contribution in [3.8, 4) is 17.2 Å². The number of hydrogen-bond donors (Lipinski definition) is 0. The maximum atomic E-state index is 15.4. The lowest BCUT2D eigenvalue weighted by Crippen LogP contribution is -2.81. The lowest BCUT2D eigenvalue weighted by molar-refractivity contribution is 0.378. The highest BCUT2D eigenvalue weighted by Crippen LogP contribution is 2.35. The number of ether oxygens (including phenoxy) is 3. The van der Waals surface area contributed by atoms with E-state index in [-0.39, 0.29) is 10.9 Å². The summed E-state index contributed by atoms with van der Waals surface area (Å²) in [6.45, 7) is 0. The Hall–Kier alpha value is -7.05. The Morgan fingerprint density at radius 2 is 0.386 bits per heavy atom. The van der Waals surface area contributed by atoms with Crippen molar-refractivity contribution in [2.75, 3.05) is 21.3 Å². The third kappa shape index (κ3) is 8.46. The molecule has 3 nitrogen and oxygen atoms in total. The fraction of sp³-hybridized carbons (Fsp3) is 0.0667. The minimum atomic E-state index is -7.22. The predicted molar refractivity (Wildman–Crippen MR) is 210 cm³/mol. The van der Waals surface area contributed by atoms with Crippen LogP contribution in [0, 0.1) is 116 Å². The number of hydrogen-bond acceptors (Lipinski definition) is 3. The molecule has 0 fully saturated rings. The van der Waals surface area contributed by atoms with Gasteiger partial charge in [0.05, 0.1) is 32.2 Å². The Balaban J connectivity index is 0.000000270. The van der Waals surface area contributed by atoms with Crippen molar-refractivity contribution < 1.29 is 102 Å². The van der Waals surface area contributed by atoms with Gasteiger partial charge < -0.3 is 14.2 Å². The fourth-order valence-electron chi connectivity index (χ4n) is 7.42. The molecule has 0 bridgehead atoms. The molecule has 0 spiro atoms. The first-order valence-electron chi connectivity index (χ1n) is 18.8. The Morgan fingerprint density at radius 1 is 0.243 bits per heavy atom. The van der Waals surface area contributed by atoms with E-state index in [1.165, 1.54) is 14.7 Å². The highest BCUT2D eigenvalue weighted by Gasteiger charge is 2.52.